The number of hydrogen-bond acceptors (Lipinski definition) is 5. The Kier molecular flexibility index (Phi) is 12.9. The molecule has 1 aromatic rings. The third-order valence-electron chi connectivity index (χ3n) is 5.43. The molecule has 2 atom stereocenters. The van der Waals surface area contributed by atoms with Gasteiger partial charge >= 0.3 is 12.1 Å². The summed E-state index contributed by atoms with van der Waals surface area (Å²) in [6.45, 7) is 0.569. The van der Waals surface area contributed by atoms with Crippen molar-refractivity contribution in [3.63, 3.8) is 0 Å². The Balaban J connectivity index is 2.88. The van der Waals surface area contributed by atoms with Gasteiger partial charge in [0.1, 0.15) is 13.4 Å². The predicted molar refractivity (Wildman–Crippen MR) is 116 cm³/mol. The fraction of sp³-hybridized carbons (Fsp3) is 0.708. The summed E-state index contributed by atoms with van der Waals surface area (Å²) in [6.07, 6.45) is 1.48. The lowest BCUT2D eigenvalue weighted by molar-refractivity contribution is -0.277. The first kappa shape index (κ1) is 29.3. The fourth-order valence-electron chi connectivity index (χ4n) is 3.58. The quantitative estimate of drug-likeness (QED) is 0.117. The van der Waals surface area contributed by atoms with Crippen molar-refractivity contribution < 1.29 is 41.3 Å². The molecule has 0 amide bonds. The van der Waals surface area contributed by atoms with Crippen LogP contribution >= 0.6 is 0 Å². The van der Waals surface area contributed by atoms with Crippen molar-refractivity contribution in [3.05, 3.63) is 35.9 Å². The fourth-order valence-corrected chi connectivity index (χ4v) is 3.58. The second kappa shape index (κ2) is 14.5. The van der Waals surface area contributed by atoms with E-state index >= 15 is 4.39 Å². The minimum atomic E-state index is -5.12. The summed E-state index contributed by atoms with van der Waals surface area (Å²) in [6, 6.07) is 6.43. The first-order valence-electron chi connectivity index (χ1n) is 11.3. The van der Waals surface area contributed by atoms with Gasteiger partial charge in [0.2, 0.25) is 0 Å². The molecule has 0 N–H and O–H groups in total. The van der Waals surface area contributed by atoms with Crippen molar-refractivity contribution in [1.82, 2.24) is 0 Å². The number of halogens is 4. The van der Waals surface area contributed by atoms with Gasteiger partial charge in [0.05, 0.1) is 6.61 Å². The van der Waals surface area contributed by atoms with Crippen LogP contribution in [0.2, 0.25) is 0 Å². The van der Waals surface area contributed by atoms with E-state index in [0.717, 1.165) is 57.8 Å². The van der Waals surface area contributed by atoms with Gasteiger partial charge < -0.3 is 18.9 Å². The van der Waals surface area contributed by atoms with Crippen LogP contribution in [0.25, 0.3) is 0 Å². The number of benzene rings is 1. The Bertz CT molecular complexity index is 671. The largest absolute Gasteiger partial charge is 0.460 e. The number of esters is 1. The molecule has 0 aliphatic rings. The molecule has 1 rings (SSSR count). The highest BCUT2D eigenvalue weighted by Crippen LogP contribution is 2.43. The summed E-state index contributed by atoms with van der Waals surface area (Å²) in [7, 11) is 2.14. The average molecular weight is 481 g/mol. The van der Waals surface area contributed by atoms with E-state index in [4.69, 9.17) is 14.2 Å². The Morgan fingerprint density at radius 2 is 1.48 bits per heavy atom. The van der Waals surface area contributed by atoms with Crippen LogP contribution in [0.4, 0.5) is 17.6 Å². The molecule has 9 heteroatoms. The third kappa shape index (κ3) is 8.87. The van der Waals surface area contributed by atoms with E-state index in [-0.39, 0.29) is 13.2 Å². The van der Waals surface area contributed by atoms with Crippen molar-refractivity contribution in [3.8, 4) is 0 Å². The maximum Gasteiger partial charge on any atom is 0.432 e. The Hall–Kier alpha value is -1.71. The molecule has 0 aliphatic carbocycles. The maximum absolute atomic E-state index is 15.5. The molecule has 190 valence electrons. The zero-order valence-corrected chi connectivity index (χ0v) is 19.7. The van der Waals surface area contributed by atoms with Crippen molar-refractivity contribution in [1.29, 1.82) is 0 Å². The van der Waals surface area contributed by atoms with Crippen LogP contribution in [0.1, 0.15) is 63.9 Å². The molecule has 0 aliphatic heterocycles. The lowest BCUT2D eigenvalue weighted by Gasteiger charge is -2.33. The van der Waals surface area contributed by atoms with Crippen LogP contribution in [0.5, 0.6) is 0 Å². The molecular formula is C24H36F4O5. The molecule has 0 radical (unpaired) electrons. The summed E-state index contributed by atoms with van der Waals surface area (Å²) in [5.74, 6) is -1.72. The van der Waals surface area contributed by atoms with E-state index in [1.165, 1.54) is 25.3 Å². The molecule has 0 heterocycles. The number of carbonyl (C=O) groups is 1. The Morgan fingerprint density at radius 3 is 2.03 bits per heavy atom. The third-order valence-corrected chi connectivity index (χ3v) is 5.43. The average Bonchev–Trinajstić information content (AvgIpc) is 2.78. The predicted octanol–water partition coefficient (Wildman–Crippen LogP) is 6.10. The molecule has 1 aromatic carbocycles. The van der Waals surface area contributed by atoms with Gasteiger partial charge in [-0.25, -0.2) is 9.18 Å². The van der Waals surface area contributed by atoms with Crippen molar-refractivity contribution in [2.75, 3.05) is 34.2 Å². The number of ether oxygens (including phenoxy) is 4. The normalized spacial score (nSPS) is 15.6. The monoisotopic (exact) mass is 480 g/mol. The lowest BCUT2D eigenvalue weighted by atomic mass is 9.92. The van der Waals surface area contributed by atoms with Crippen LogP contribution in [0, 0.1) is 0 Å². The van der Waals surface area contributed by atoms with Gasteiger partial charge in [-0.3, -0.25) is 0 Å². The van der Waals surface area contributed by atoms with Crippen LogP contribution in [-0.4, -0.2) is 52.0 Å². The number of rotatable bonds is 17. The van der Waals surface area contributed by atoms with E-state index in [1.807, 2.05) is 0 Å². The van der Waals surface area contributed by atoms with Crippen molar-refractivity contribution in [2.45, 2.75) is 75.7 Å². The second-order valence-corrected chi connectivity index (χ2v) is 8.10. The first-order valence-corrected chi connectivity index (χ1v) is 11.3. The molecule has 0 unspecified atom stereocenters. The smallest absolute Gasteiger partial charge is 0.432 e. The zero-order valence-electron chi connectivity index (χ0n) is 19.7. The highest BCUT2D eigenvalue weighted by molar-refractivity contribution is 5.82. The van der Waals surface area contributed by atoms with Crippen LogP contribution in [0.3, 0.4) is 0 Å². The van der Waals surface area contributed by atoms with E-state index in [1.54, 1.807) is 0 Å². The molecule has 0 saturated heterocycles. The highest BCUT2D eigenvalue weighted by Gasteiger charge is 2.64. The van der Waals surface area contributed by atoms with Gasteiger partial charge in [0, 0.05) is 19.8 Å². The van der Waals surface area contributed by atoms with Gasteiger partial charge in [0.15, 0.2) is 5.67 Å². The number of hydrogen-bond donors (Lipinski definition) is 0. The van der Waals surface area contributed by atoms with Gasteiger partial charge in [0.25, 0.3) is 5.60 Å². The summed E-state index contributed by atoms with van der Waals surface area (Å²) in [5.41, 5.74) is -5.96. The topological polar surface area (TPSA) is 54.0 Å². The minimum Gasteiger partial charge on any atom is -0.460 e. The zero-order chi connectivity index (χ0) is 24.8. The molecule has 0 spiro atoms. The molecule has 33 heavy (non-hydrogen) atoms. The molecule has 0 bridgehead atoms. The Labute approximate surface area is 193 Å². The van der Waals surface area contributed by atoms with E-state index in [9.17, 15) is 18.0 Å². The summed E-state index contributed by atoms with van der Waals surface area (Å²) >= 11 is 0. The van der Waals surface area contributed by atoms with E-state index in [0.29, 0.717) is 6.42 Å². The van der Waals surface area contributed by atoms with Crippen LogP contribution in [-0.2, 0) is 29.3 Å². The minimum absolute atomic E-state index is 0.0187. The first-order chi connectivity index (χ1) is 15.7. The van der Waals surface area contributed by atoms with Crippen LogP contribution in [0.15, 0.2) is 30.3 Å². The number of methoxy groups -OCH3 is 2. The van der Waals surface area contributed by atoms with Gasteiger partial charge in [-0.05, 0) is 6.42 Å². The molecule has 0 aromatic heterocycles. The highest BCUT2D eigenvalue weighted by atomic mass is 19.4. The summed E-state index contributed by atoms with van der Waals surface area (Å²) in [5, 5.41) is 0. The number of unbranched alkanes of at least 4 members (excludes halogenated alkanes) is 6. The number of carbonyl (C=O) groups excluding carboxylic acids is 1. The molecule has 0 saturated carbocycles. The standard InChI is InChI=1S/C24H36F4O5/c1-4-5-6-7-8-9-13-16-22(25,17-32-19-30-2)18-33-21(29)23(31-3,24(26,27)28)20-14-11-10-12-15-20/h10-12,14-15H,4-9,13,16-19H2,1-3H3/t22-,23+/m1/s1. The van der Waals surface area contributed by atoms with E-state index < -0.39 is 42.2 Å². The van der Waals surface area contributed by atoms with Crippen molar-refractivity contribution in [2.24, 2.45) is 0 Å². The van der Waals surface area contributed by atoms with Gasteiger partial charge in [-0.2, -0.15) is 13.2 Å². The second-order valence-electron chi connectivity index (χ2n) is 8.10. The van der Waals surface area contributed by atoms with Gasteiger partial charge in [-0.1, -0.05) is 82.2 Å². The lowest BCUT2D eigenvalue weighted by Crippen LogP contribution is -2.52. The molecular weight excluding hydrogens is 444 g/mol. The maximum atomic E-state index is 15.5. The van der Waals surface area contributed by atoms with E-state index in [2.05, 4.69) is 11.7 Å². The van der Waals surface area contributed by atoms with Crippen LogP contribution < -0.4 is 0 Å². The summed E-state index contributed by atoms with van der Waals surface area (Å²) < 4.78 is 77.0. The SMILES string of the molecule is CCCCCCCCC[C@@](F)(COCOC)COC(=O)[C@@](OC)(c1ccccc1)C(F)(F)F. The van der Waals surface area contributed by atoms with Gasteiger partial charge in [-0.15, -0.1) is 0 Å². The molecule has 5 nitrogen and oxygen atoms in total. The number of alkyl halides is 4. The van der Waals surface area contributed by atoms with Crippen molar-refractivity contribution >= 4 is 5.97 Å². The molecule has 0 fully saturated rings. The summed E-state index contributed by atoms with van der Waals surface area (Å²) in [4.78, 5) is 12.7. The Morgan fingerprint density at radius 1 is 0.879 bits per heavy atom.